The fourth-order valence-corrected chi connectivity index (χ4v) is 1.68. The third-order valence-electron chi connectivity index (χ3n) is 3.12. The number of allylic oxidation sites excluding steroid dienone is 2. The highest BCUT2D eigenvalue weighted by Crippen LogP contribution is 2.16. The summed E-state index contributed by atoms with van der Waals surface area (Å²) in [6.45, 7) is 4.00. The zero-order chi connectivity index (χ0) is 17.4. The first-order chi connectivity index (χ1) is 11.6. The second-order valence-electron chi connectivity index (χ2n) is 4.89. The molecule has 6 nitrogen and oxygen atoms in total. The van der Waals surface area contributed by atoms with Crippen LogP contribution in [0.4, 0.5) is 10.2 Å². The van der Waals surface area contributed by atoms with E-state index < -0.39 is 5.82 Å². The van der Waals surface area contributed by atoms with Gasteiger partial charge in [-0.2, -0.15) is 10.1 Å². The van der Waals surface area contributed by atoms with Crippen molar-refractivity contribution in [2.45, 2.75) is 20.5 Å². The van der Waals surface area contributed by atoms with E-state index in [1.165, 1.54) is 0 Å². The van der Waals surface area contributed by atoms with Crippen molar-refractivity contribution >= 4 is 12.0 Å². The SMILES string of the molecule is C/C=C(C)/C=N/Nc1nc(OCc2cccc(OC)c2)ncc1F. The molecule has 2 aromatic rings. The summed E-state index contributed by atoms with van der Waals surface area (Å²) in [4.78, 5) is 7.78. The van der Waals surface area contributed by atoms with Crippen molar-refractivity contribution < 1.29 is 13.9 Å². The number of aromatic nitrogens is 2. The van der Waals surface area contributed by atoms with E-state index in [0.717, 1.165) is 23.1 Å². The van der Waals surface area contributed by atoms with E-state index in [0.29, 0.717) is 0 Å². The number of nitrogens with zero attached hydrogens (tertiary/aromatic N) is 3. The molecule has 1 heterocycles. The van der Waals surface area contributed by atoms with Gasteiger partial charge in [-0.3, -0.25) is 5.43 Å². The van der Waals surface area contributed by atoms with Crippen LogP contribution in [-0.4, -0.2) is 23.3 Å². The van der Waals surface area contributed by atoms with Gasteiger partial charge in [-0.05, 0) is 37.1 Å². The maximum absolute atomic E-state index is 13.7. The van der Waals surface area contributed by atoms with E-state index in [9.17, 15) is 4.39 Å². The van der Waals surface area contributed by atoms with Crippen LogP contribution in [0.25, 0.3) is 0 Å². The lowest BCUT2D eigenvalue weighted by Crippen LogP contribution is -2.04. The van der Waals surface area contributed by atoms with Gasteiger partial charge in [-0.25, -0.2) is 9.37 Å². The molecule has 126 valence electrons. The molecule has 0 saturated carbocycles. The van der Waals surface area contributed by atoms with Gasteiger partial charge in [0.05, 0.1) is 13.3 Å². The van der Waals surface area contributed by atoms with Gasteiger partial charge in [-0.1, -0.05) is 18.2 Å². The number of methoxy groups -OCH3 is 1. The van der Waals surface area contributed by atoms with E-state index in [1.807, 2.05) is 44.2 Å². The topological polar surface area (TPSA) is 68.6 Å². The summed E-state index contributed by atoms with van der Waals surface area (Å²) in [6, 6.07) is 7.47. The maximum Gasteiger partial charge on any atom is 0.318 e. The van der Waals surface area contributed by atoms with Gasteiger partial charge in [0.2, 0.25) is 0 Å². The minimum atomic E-state index is -0.612. The summed E-state index contributed by atoms with van der Waals surface area (Å²) >= 11 is 0. The normalized spacial score (nSPS) is 11.6. The number of rotatable bonds is 7. The van der Waals surface area contributed by atoms with Crippen molar-refractivity contribution in [1.82, 2.24) is 9.97 Å². The van der Waals surface area contributed by atoms with E-state index in [4.69, 9.17) is 9.47 Å². The van der Waals surface area contributed by atoms with E-state index in [1.54, 1.807) is 13.3 Å². The highest BCUT2D eigenvalue weighted by atomic mass is 19.1. The monoisotopic (exact) mass is 330 g/mol. The molecule has 1 aromatic heterocycles. The smallest absolute Gasteiger partial charge is 0.318 e. The Balaban J connectivity index is 2.03. The Hall–Kier alpha value is -2.96. The molecule has 24 heavy (non-hydrogen) atoms. The van der Waals surface area contributed by atoms with Crippen LogP contribution < -0.4 is 14.9 Å². The number of hydrogen-bond acceptors (Lipinski definition) is 6. The lowest BCUT2D eigenvalue weighted by Gasteiger charge is -2.07. The Labute approximate surface area is 140 Å². The van der Waals surface area contributed by atoms with Gasteiger partial charge in [0.1, 0.15) is 12.4 Å². The Morgan fingerprint density at radius 2 is 2.25 bits per heavy atom. The van der Waals surface area contributed by atoms with E-state index >= 15 is 0 Å². The summed E-state index contributed by atoms with van der Waals surface area (Å²) in [5.41, 5.74) is 4.36. The number of anilines is 1. The van der Waals surface area contributed by atoms with Crippen molar-refractivity contribution in [3.05, 3.63) is 53.5 Å². The third kappa shape index (κ3) is 5.05. The van der Waals surface area contributed by atoms with Crippen LogP contribution in [0.3, 0.4) is 0 Å². The average Bonchev–Trinajstić information content (AvgIpc) is 2.62. The van der Waals surface area contributed by atoms with Crippen molar-refractivity contribution in [2.24, 2.45) is 5.10 Å². The predicted molar refractivity (Wildman–Crippen MR) is 90.9 cm³/mol. The van der Waals surface area contributed by atoms with Gasteiger partial charge in [0.25, 0.3) is 0 Å². The van der Waals surface area contributed by atoms with Crippen molar-refractivity contribution in [2.75, 3.05) is 12.5 Å². The molecule has 0 aliphatic rings. The minimum absolute atomic E-state index is 0.0502. The lowest BCUT2D eigenvalue weighted by molar-refractivity contribution is 0.279. The molecule has 2 rings (SSSR count). The fourth-order valence-electron chi connectivity index (χ4n) is 1.68. The molecule has 0 spiro atoms. The van der Waals surface area contributed by atoms with Crippen LogP contribution in [0.1, 0.15) is 19.4 Å². The number of hydrazone groups is 1. The molecule has 0 radical (unpaired) electrons. The second-order valence-corrected chi connectivity index (χ2v) is 4.89. The van der Waals surface area contributed by atoms with Crippen LogP contribution >= 0.6 is 0 Å². The van der Waals surface area contributed by atoms with Crippen LogP contribution in [-0.2, 0) is 6.61 Å². The average molecular weight is 330 g/mol. The van der Waals surface area contributed by atoms with Gasteiger partial charge < -0.3 is 9.47 Å². The van der Waals surface area contributed by atoms with Crippen LogP contribution in [0.2, 0.25) is 0 Å². The molecule has 0 fully saturated rings. The standard InChI is InChI=1S/C17H19FN4O2/c1-4-12(2)9-20-22-16-15(18)10-19-17(21-16)24-11-13-6-5-7-14(8-13)23-3/h4-10H,11H2,1-3H3,(H,19,21,22)/b12-4+,20-9+. The largest absolute Gasteiger partial charge is 0.497 e. The number of halogens is 1. The van der Waals surface area contributed by atoms with Gasteiger partial charge >= 0.3 is 6.01 Å². The Kier molecular flexibility index (Phi) is 6.24. The summed E-state index contributed by atoms with van der Waals surface area (Å²) in [6.07, 6.45) is 4.48. The van der Waals surface area contributed by atoms with E-state index in [-0.39, 0.29) is 18.4 Å². The van der Waals surface area contributed by atoms with Gasteiger partial charge in [0, 0.05) is 6.21 Å². The van der Waals surface area contributed by atoms with Crippen molar-refractivity contribution in [3.63, 3.8) is 0 Å². The molecule has 1 N–H and O–H groups in total. The Morgan fingerprint density at radius 1 is 1.42 bits per heavy atom. The molecule has 0 bridgehead atoms. The fraction of sp³-hybridized carbons (Fsp3) is 0.235. The second kappa shape index (κ2) is 8.61. The first-order valence-corrected chi connectivity index (χ1v) is 7.32. The van der Waals surface area contributed by atoms with Crippen molar-refractivity contribution in [3.8, 4) is 11.8 Å². The first kappa shape index (κ1) is 17.4. The van der Waals surface area contributed by atoms with Crippen LogP contribution in [0.5, 0.6) is 11.8 Å². The molecule has 0 aliphatic carbocycles. The summed E-state index contributed by atoms with van der Waals surface area (Å²) in [5, 5.41) is 3.91. The summed E-state index contributed by atoms with van der Waals surface area (Å²) < 4.78 is 24.3. The van der Waals surface area contributed by atoms with E-state index in [2.05, 4.69) is 20.5 Å². The highest BCUT2D eigenvalue weighted by molar-refractivity contribution is 5.78. The molecule has 0 saturated heterocycles. The molecule has 1 aromatic carbocycles. The zero-order valence-electron chi connectivity index (χ0n) is 13.8. The molecule has 0 amide bonds. The summed E-state index contributed by atoms with van der Waals surface area (Å²) in [7, 11) is 1.59. The quantitative estimate of drug-likeness (QED) is 0.621. The number of benzene rings is 1. The minimum Gasteiger partial charge on any atom is -0.497 e. The molecular formula is C17H19FN4O2. The Morgan fingerprint density at radius 3 is 3.00 bits per heavy atom. The molecule has 0 aliphatic heterocycles. The Bertz CT molecular complexity index is 747. The third-order valence-corrected chi connectivity index (χ3v) is 3.12. The number of ether oxygens (including phenoxy) is 2. The molecule has 7 heteroatoms. The molecular weight excluding hydrogens is 311 g/mol. The van der Waals surface area contributed by atoms with Gasteiger partial charge in [-0.15, -0.1) is 0 Å². The maximum atomic E-state index is 13.7. The molecule has 0 unspecified atom stereocenters. The number of hydrogen-bond donors (Lipinski definition) is 1. The molecule has 0 atom stereocenters. The number of nitrogens with one attached hydrogen (secondary N) is 1. The highest BCUT2D eigenvalue weighted by Gasteiger charge is 2.07. The van der Waals surface area contributed by atoms with Crippen LogP contribution in [0.15, 0.2) is 47.2 Å². The lowest BCUT2D eigenvalue weighted by atomic mass is 10.2. The first-order valence-electron chi connectivity index (χ1n) is 7.32. The van der Waals surface area contributed by atoms with Gasteiger partial charge in [0.15, 0.2) is 11.6 Å². The predicted octanol–water partition coefficient (Wildman–Crippen LogP) is 3.57. The van der Waals surface area contributed by atoms with Crippen molar-refractivity contribution in [1.29, 1.82) is 0 Å². The zero-order valence-corrected chi connectivity index (χ0v) is 13.8. The van der Waals surface area contributed by atoms with Crippen LogP contribution in [0, 0.1) is 5.82 Å². The summed E-state index contributed by atoms with van der Waals surface area (Å²) in [5.74, 6) is 0.0666.